The lowest BCUT2D eigenvalue weighted by molar-refractivity contribution is -0.159. The number of benzene rings is 1. The van der Waals surface area contributed by atoms with Gasteiger partial charge in [0.25, 0.3) is 0 Å². The molecule has 1 heterocycles. The van der Waals surface area contributed by atoms with Gasteiger partial charge in [0.2, 0.25) is 11.9 Å². The highest BCUT2D eigenvalue weighted by molar-refractivity contribution is 5.98. The van der Waals surface area contributed by atoms with Crippen LogP contribution in [0.25, 0.3) is 0 Å². The smallest absolute Gasteiger partial charge is 0.347 e. The molecule has 27 heavy (non-hydrogen) atoms. The number of carbonyl (C=O) groups is 4. The SMILES string of the molecule is COC(=O)C[C@@H](C(=O)O)[C@H]1c2c(cc(O)c(O)c2O)C(=O)O[C@@H]1C(=O)OC. The zero-order valence-electron chi connectivity index (χ0n) is 14.2. The first kappa shape index (κ1) is 19.8. The number of esters is 3. The van der Waals surface area contributed by atoms with E-state index >= 15 is 0 Å². The van der Waals surface area contributed by atoms with Gasteiger partial charge in [0, 0.05) is 5.56 Å². The van der Waals surface area contributed by atoms with Crippen molar-refractivity contribution in [2.45, 2.75) is 18.4 Å². The van der Waals surface area contributed by atoms with Crippen LogP contribution in [0.2, 0.25) is 0 Å². The van der Waals surface area contributed by atoms with Gasteiger partial charge in [-0.3, -0.25) is 9.59 Å². The van der Waals surface area contributed by atoms with Gasteiger partial charge in [-0.05, 0) is 6.07 Å². The van der Waals surface area contributed by atoms with E-state index in [0.29, 0.717) is 0 Å². The maximum absolute atomic E-state index is 12.2. The summed E-state index contributed by atoms with van der Waals surface area (Å²) in [5, 5.41) is 39.2. The minimum atomic E-state index is -1.82. The number of hydrogen-bond donors (Lipinski definition) is 4. The van der Waals surface area contributed by atoms with Crippen LogP contribution in [-0.2, 0) is 28.6 Å². The van der Waals surface area contributed by atoms with E-state index < -0.39 is 76.6 Å². The molecule has 0 unspecified atom stereocenters. The summed E-state index contributed by atoms with van der Waals surface area (Å²) < 4.78 is 13.9. The maximum Gasteiger partial charge on any atom is 0.347 e. The lowest BCUT2D eigenvalue weighted by atomic mass is 9.76. The number of cyclic esters (lactones) is 1. The largest absolute Gasteiger partial charge is 0.504 e. The molecule has 2 rings (SSSR count). The minimum absolute atomic E-state index is 0.465. The van der Waals surface area contributed by atoms with Crippen molar-refractivity contribution >= 4 is 23.9 Å². The third kappa shape index (κ3) is 3.43. The molecular weight excluding hydrogens is 368 g/mol. The molecule has 1 aromatic carbocycles. The van der Waals surface area contributed by atoms with Crippen molar-refractivity contribution in [3.8, 4) is 17.2 Å². The Morgan fingerprint density at radius 3 is 2.30 bits per heavy atom. The number of rotatable bonds is 5. The normalized spacial score (nSPS) is 19.4. The predicted molar refractivity (Wildman–Crippen MR) is 83.2 cm³/mol. The predicted octanol–water partition coefficient (Wildman–Crippen LogP) is -0.137. The molecule has 0 saturated heterocycles. The summed E-state index contributed by atoms with van der Waals surface area (Å²) in [5.74, 6) is -11.0. The molecule has 146 valence electrons. The fourth-order valence-corrected chi connectivity index (χ4v) is 2.92. The number of methoxy groups -OCH3 is 2. The molecule has 0 aromatic heterocycles. The summed E-state index contributed by atoms with van der Waals surface area (Å²) in [6.07, 6.45) is -2.56. The molecule has 3 atom stereocenters. The molecule has 0 saturated carbocycles. The first-order chi connectivity index (χ1) is 12.6. The van der Waals surface area contributed by atoms with Crippen molar-refractivity contribution < 1.29 is 53.8 Å². The Balaban J connectivity index is 2.75. The van der Waals surface area contributed by atoms with Crippen LogP contribution in [-0.4, -0.2) is 64.6 Å². The molecule has 0 spiro atoms. The molecule has 1 aliphatic rings. The van der Waals surface area contributed by atoms with Gasteiger partial charge in [0.15, 0.2) is 11.5 Å². The van der Waals surface area contributed by atoms with Crippen LogP contribution in [0.4, 0.5) is 0 Å². The van der Waals surface area contributed by atoms with Crippen molar-refractivity contribution in [1.82, 2.24) is 0 Å². The summed E-state index contributed by atoms with van der Waals surface area (Å²) in [7, 11) is 1.99. The van der Waals surface area contributed by atoms with Crippen molar-refractivity contribution in [3.63, 3.8) is 0 Å². The van der Waals surface area contributed by atoms with Crippen molar-refractivity contribution in [2.75, 3.05) is 14.2 Å². The van der Waals surface area contributed by atoms with Crippen LogP contribution in [0.15, 0.2) is 6.07 Å². The van der Waals surface area contributed by atoms with Crippen LogP contribution >= 0.6 is 0 Å². The summed E-state index contributed by atoms with van der Waals surface area (Å²) in [6.45, 7) is 0. The van der Waals surface area contributed by atoms with Gasteiger partial charge in [0.1, 0.15) is 0 Å². The average Bonchev–Trinajstić information content (AvgIpc) is 2.63. The second kappa shape index (κ2) is 7.40. The number of aromatic hydroxyl groups is 3. The molecule has 0 bridgehead atoms. The average molecular weight is 384 g/mol. The van der Waals surface area contributed by atoms with Crippen molar-refractivity contribution in [1.29, 1.82) is 0 Å². The molecule has 0 radical (unpaired) electrons. The van der Waals surface area contributed by atoms with E-state index in [9.17, 15) is 39.6 Å². The first-order valence-electron chi connectivity index (χ1n) is 7.50. The van der Waals surface area contributed by atoms with Crippen LogP contribution in [0.1, 0.15) is 28.3 Å². The Labute approximate surface area is 151 Å². The fourth-order valence-electron chi connectivity index (χ4n) is 2.92. The highest BCUT2D eigenvalue weighted by Crippen LogP contribution is 2.49. The number of carbonyl (C=O) groups excluding carboxylic acids is 3. The number of phenolic OH excluding ortho intramolecular Hbond substituents is 3. The number of phenols is 3. The molecule has 4 N–H and O–H groups in total. The van der Waals surface area contributed by atoms with Crippen LogP contribution in [0.3, 0.4) is 0 Å². The number of fused-ring (bicyclic) bond motifs is 1. The Morgan fingerprint density at radius 2 is 1.78 bits per heavy atom. The Bertz CT molecular complexity index is 813. The Morgan fingerprint density at radius 1 is 1.15 bits per heavy atom. The van der Waals surface area contributed by atoms with Gasteiger partial charge in [-0.15, -0.1) is 0 Å². The second-order valence-corrected chi connectivity index (χ2v) is 5.65. The second-order valence-electron chi connectivity index (χ2n) is 5.65. The van der Waals surface area contributed by atoms with Crippen LogP contribution in [0, 0.1) is 5.92 Å². The fraction of sp³-hybridized carbons (Fsp3) is 0.375. The number of carboxylic acid groups (broad SMARTS) is 1. The lowest BCUT2D eigenvalue weighted by Gasteiger charge is -2.34. The van der Waals surface area contributed by atoms with Gasteiger partial charge < -0.3 is 34.6 Å². The van der Waals surface area contributed by atoms with Gasteiger partial charge >= 0.3 is 23.9 Å². The molecule has 0 fully saturated rings. The van der Waals surface area contributed by atoms with E-state index in [1.54, 1.807) is 0 Å². The summed E-state index contributed by atoms with van der Waals surface area (Å²) >= 11 is 0. The highest BCUT2D eigenvalue weighted by Gasteiger charge is 2.50. The number of carboxylic acids is 1. The van der Waals surface area contributed by atoms with Gasteiger partial charge in [-0.1, -0.05) is 0 Å². The monoisotopic (exact) mass is 384 g/mol. The zero-order valence-corrected chi connectivity index (χ0v) is 14.2. The van der Waals surface area contributed by atoms with E-state index in [-0.39, 0.29) is 0 Å². The summed E-state index contributed by atoms with van der Waals surface area (Å²) in [5.41, 5.74) is -0.933. The highest BCUT2D eigenvalue weighted by atomic mass is 16.6. The van der Waals surface area contributed by atoms with E-state index in [2.05, 4.69) is 9.47 Å². The number of hydrogen-bond acceptors (Lipinski definition) is 10. The number of ether oxygens (including phenoxy) is 3. The molecule has 0 aliphatic carbocycles. The standard InChI is InChI=1S/C16H16O11/c1-25-8(18)4-5(14(21)22)10-9-6(3-7(17)11(19)12(9)20)15(23)27-13(10)16(24)26-2/h3,5,10,13,17,19-20H,4H2,1-2H3,(H,21,22)/t5-,10+,13+/m1/s1. The van der Waals surface area contributed by atoms with Gasteiger partial charge in [-0.25, -0.2) is 9.59 Å². The summed E-state index contributed by atoms with van der Waals surface area (Å²) in [6, 6.07) is 0.754. The van der Waals surface area contributed by atoms with Crippen molar-refractivity contribution in [3.05, 3.63) is 17.2 Å². The van der Waals surface area contributed by atoms with Crippen molar-refractivity contribution in [2.24, 2.45) is 5.92 Å². The third-order valence-electron chi connectivity index (χ3n) is 4.21. The molecule has 1 aliphatic heterocycles. The van der Waals surface area contributed by atoms with Crippen LogP contribution in [0.5, 0.6) is 17.2 Å². The van der Waals surface area contributed by atoms with E-state index in [1.807, 2.05) is 0 Å². The zero-order chi connectivity index (χ0) is 20.5. The van der Waals surface area contributed by atoms with Gasteiger partial charge in [0.05, 0.1) is 38.0 Å². The lowest BCUT2D eigenvalue weighted by Crippen LogP contribution is -2.44. The summed E-state index contributed by atoms with van der Waals surface area (Å²) in [4.78, 5) is 47.7. The first-order valence-corrected chi connectivity index (χ1v) is 7.50. The number of aliphatic carboxylic acids is 1. The maximum atomic E-state index is 12.2. The Hall–Kier alpha value is -3.50. The molecule has 11 nitrogen and oxygen atoms in total. The molecule has 1 aromatic rings. The van der Waals surface area contributed by atoms with Crippen LogP contribution < -0.4 is 0 Å². The van der Waals surface area contributed by atoms with E-state index in [1.165, 1.54) is 0 Å². The van der Waals surface area contributed by atoms with E-state index in [4.69, 9.17) is 4.74 Å². The third-order valence-corrected chi connectivity index (χ3v) is 4.21. The van der Waals surface area contributed by atoms with Gasteiger partial charge in [-0.2, -0.15) is 0 Å². The minimum Gasteiger partial charge on any atom is -0.504 e. The Kier molecular flexibility index (Phi) is 5.43. The molecule has 11 heteroatoms. The quantitative estimate of drug-likeness (QED) is 0.302. The molecule has 0 amide bonds. The molecular formula is C16H16O11. The topological polar surface area (TPSA) is 177 Å². The van der Waals surface area contributed by atoms with E-state index in [0.717, 1.165) is 20.3 Å².